The van der Waals surface area contributed by atoms with Gasteiger partial charge in [-0.05, 0) is 43.2 Å². The van der Waals surface area contributed by atoms with Gasteiger partial charge in [0, 0.05) is 25.3 Å². The van der Waals surface area contributed by atoms with Gasteiger partial charge in [-0.3, -0.25) is 9.59 Å². The average molecular weight is 476 g/mol. The Morgan fingerprint density at radius 2 is 1.67 bits per heavy atom. The molecule has 9 nitrogen and oxygen atoms in total. The molecule has 0 saturated heterocycles. The molecule has 2 aromatic rings. The van der Waals surface area contributed by atoms with Gasteiger partial charge in [0.2, 0.25) is 10.0 Å². The molecule has 178 valence electrons. The summed E-state index contributed by atoms with van der Waals surface area (Å²) in [6.45, 7) is 4.81. The van der Waals surface area contributed by atoms with Gasteiger partial charge in [0.1, 0.15) is 6.04 Å². The Hall–Kier alpha value is -3.24. The van der Waals surface area contributed by atoms with E-state index >= 15 is 0 Å². The van der Waals surface area contributed by atoms with Crippen LogP contribution >= 0.6 is 0 Å². The van der Waals surface area contributed by atoms with Crippen molar-refractivity contribution in [2.75, 3.05) is 26.0 Å². The van der Waals surface area contributed by atoms with Crippen LogP contribution in [0.1, 0.15) is 29.8 Å². The highest BCUT2D eigenvalue weighted by atomic mass is 32.2. The number of sulfonamides is 1. The Bertz CT molecular complexity index is 1110. The van der Waals surface area contributed by atoms with E-state index in [9.17, 15) is 22.8 Å². The lowest BCUT2D eigenvalue weighted by Gasteiger charge is -2.21. The van der Waals surface area contributed by atoms with E-state index < -0.39 is 40.5 Å². The Morgan fingerprint density at radius 3 is 2.24 bits per heavy atom. The van der Waals surface area contributed by atoms with Crippen LogP contribution in [0.2, 0.25) is 0 Å². The van der Waals surface area contributed by atoms with Gasteiger partial charge < -0.3 is 15.4 Å². The number of benzene rings is 2. The Labute approximate surface area is 194 Å². The summed E-state index contributed by atoms with van der Waals surface area (Å²) < 4.78 is 30.6. The predicted octanol–water partition coefficient (Wildman–Crippen LogP) is 2.18. The van der Waals surface area contributed by atoms with Crippen molar-refractivity contribution in [2.45, 2.75) is 31.7 Å². The fourth-order valence-electron chi connectivity index (χ4n) is 2.80. The highest BCUT2D eigenvalue weighted by Gasteiger charge is 2.27. The Balaban J connectivity index is 1.98. The van der Waals surface area contributed by atoms with Gasteiger partial charge in [0.25, 0.3) is 11.8 Å². The van der Waals surface area contributed by atoms with Crippen LogP contribution < -0.4 is 10.6 Å². The molecule has 0 aromatic heterocycles. The topological polar surface area (TPSA) is 122 Å². The van der Waals surface area contributed by atoms with Crippen LogP contribution in [-0.4, -0.2) is 57.3 Å². The molecule has 0 aliphatic carbocycles. The number of nitrogens with zero attached hydrogens (tertiary/aromatic N) is 1. The zero-order chi connectivity index (χ0) is 24.8. The highest BCUT2D eigenvalue weighted by molar-refractivity contribution is 7.89. The molecule has 10 heteroatoms. The zero-order valence-corrected chi connectivity index (χ0v) is 20.1. The van der Waals surface area contributed by atoms with Crippen molar-refractivity contribution in [1.82, 2.24) is 9.62 Å². The van der Waals surface area contributed by atoms with Crippen LogP contribution in [0, 0.1) is 12.8 Å². The van der Waals surface area contributed by atoms with Crippen LogP contribution in [0.4, 0.5) is 5.69 Å². The fraction of sp³-hybridized carbons (Fsp3) is 0.348. The molecule has 0 saturated carbocycles. The summed E-state index contributed by atoms with van der Waals surface area (Å²) in [5, 5.41) is 5.15. The first-order chi connectivity index (χ1) is 15.4. The van der Waals surface area contributed by atoms with Crippen molar-refractivity contribution in [3.05, 3.63) is 59.7 Å². The molecule has 0 heterocycles. The number of nitrogens with one attached hydrogen (secondary N) is 2. The molecule has 1 atom stereocenters. The molecule has 2 rings (SSSR count). The summed E-state index contributed by atoms with van der Waals surface area (Å²) in [4.78, 5) is 37.2. The first-order valence-corrected chi connectivity index (χ1v) is 11.7. The van der Waals surface area contributed by atoms with Crippen LogP contribution in [-0.2, 0) is 24.3 Å². The van der Waals surface area contributed by atoms with E-state index in [0.29, 0.717) is 5.56 Å². The predicted molar refractivity (Wildman–Crippen MR) is 124 cm³/mol. The zero-order valence-electron chi connectivity index (χ0n) is 19.3. The molecule has 0 aliphatic heterocycles. The van der Waals surface area contributed by atoms with Gasteiger partial charge in [-0.25, -0.2) is 17.5 Å². The van der Waals surface area contributed by atoms with E-state index in [0.717, 1.165) is 9.87 Å². The summed E-state index contributed by atoms with van der Waals surface area (Å²) in [6.07, 6.45) is 0. The fourth-order valence-corrected chi connectivity index (χ4v) is 3.74. The van der Waals surface area contributed by atoms with Crippen LogP contribution in [0.25, 0.3) is 0 Å². The van der Waals surface area contributed by atoms with Crippen molar-refractivity contribution in [2.24, 2.45) is 5.92 Å². The first kappa shape index (κ1) is 26.0. The largest absolute Gasteiger partial charge is 0.454 e. The minimum atomic E-state index is -3.66. The normalized spacial score (nSPS) is 12.3. The number of hydrogen-bond donors (Lipinski definition) is 2. The minimum Gasteiger partial charge on any atom is -0.454 e. The molecule has 2 amide bonds. The molecule has 0 aliphatic rings. The van der Waals surface area contributed by atoms with Crippen LogP contribution in [0.5, 0.6) is 0 Å². The molecule has 2 N–H and O–H groups in total. The number of esters is 1. The molecule has 0 spiro atoms. The third kappa shape index (κ3) is 7.13. The SMILES string of the molecule is Cc1ccc(C(=O)NC(C(=O)OCC(=O)Nc2cccc(S(=O)(=O)N(C)C)c2)C(C)C)cc1. The van der Waals surface area contributed by atoms with Gasteiger partial charge in [0.05, 0.1) is 4.90 Å². The lowest BCUT2D eigenvalue weighted by atomic mass is 10.0. The molecule has 0 radical (unpaired) electrons. The second-order valence-corrected chi connectivity index (χ2v) is 10.2. The second-order valence-electron chi connectivity index (χ2n) is 8.03. The maximum Gasteiger partial charge on any atom is 0.329 e. The maximum absolute atomic E-state index is 12.5. The summed E-state index contributed by atoms with van der Waals surface area (Å²) >= 11 is 0. The molecule has 1 unspecified atom stereocenters. The number of amides is 2. The molecule has 33 heavy (non-hydrogen) atoms. The number of aryl methyl sites for hydroxylation is 1. The second kappa shape index (κ2) is 11.1. The molecule has 0 fully saturated rings. The quantitative estimate of drug-likeness (QED) is 0.536. The number of anilines is 1. The van der Waals surface area contributed by atoms with Crippen molar-refractivity contribution in [3.63, 3.8) is 0 Å². The number of ether oxygens (including phenoxy) is 1. The number of rotatable bonds is 9. The first-order valence-electron chi connectivity index (χ1n) is 10.3. The van der Waals surface area contributed by atoms with Crippen LogP contribution in [0.15, 0.2) is 53.4 Å². The molecular weight excluding hydrogens is 446 g/mol. The van der Waals surface area contributed by atoms with Gasteiger partial charge in [-0.1, -0.05) is 37.6 Å². The van der Waals surface area contributed by atoms with E-state index in [1.165, 1.54) is 38.4 Å². The smallest absolute Gasteiger partial charge is 0.329 e. The van der Waals surface area contributed by atoms with E-state index in [-0.39, 0.29) is 16.5 Å². The average Bonchev–Trinajstić information content (AvgIpc) is 2.76. The van der Waals surface area contributed by atoms with E-state index in [1.54, 1.807) is 38.1 Å². The summed E-state index contributed by atoms with van der Waals surface area (Å²) in [6, 6.07) is 11.7. The van der Waals surface area contributed by atoms with E-state index in [2.05, 4.69) is 10.6 Å². The van der Waals surface area contributed by atoms with Crippen molar-refractivity contribution < 1.29 is 27.5 Å². The standard InChI is InChI=1S/C23H29N3O6S/c1-15(2)21(25-22(28)17-11-9-16(3)10-12-17)23(29)32-14-20(27)24-18-7-6-8-19(13-18)33(30,31)26(4)5/h6-13,15,21H,14H2,1-5H3,(H,24,27)(H,25,28). The number of hydrogen-bond acceptors (Lipinski definition) is 6. The van der Waals surface area contributed by atoms with Gasteiger partial charge in [-0.2, -0.15) is 0 Å². The summed E-state index contributed by atoms with van der Waals surface area (Å²) in [5.41, 5.74) is 1.65. The van der Waals surface area contributed by atoms with Crippen molar-refractivity contribution in [1.29, 1.82) is 0 Å². The van der Waals surface area contributed by atoms with E-state index in [4.69, 9.17) is 4.74 Å². The van der Waals surface area contributed by atoms with Crippen LogP contribution in [0.3, 0.4) is 0 Å². The molecule has 0 bridgehead atoms. The Morgan fingerprint density at radius 1 is 1.03 bits per heavy atom. The maximum atomic E-state index is 12.5. The number of carbonyl (C=O) groups excluding carboxylic acids is 3. The van der Waals surface area contributed by atoms with E-state index in [1.807, 2.05) is 6.92 Å². The van der Waals surface area contributed by atoms with Gasteiger partial charge in [-0.15, -0.1) is 0 Å². The molecular formula is C23H29N3O6S. The van der Waals surface area contributed by atoms with Gasteiger partial charge in [0.15, 0.2) is 6.61 Å². The Kier molecular flexibility index (Phi) is 8.72. The number of carbonyl (C=O) groups is 3. The van der Waals surface area contributed by atoms with Crippen molar-refractivity contribution in [3.8, 4) is 0 Å². The minimum absolute atomic E-state index is 0.0148. The summed E-state index contributed by atoms with van der Waals surface area (Å²) in [5.74, 6) is -2.09. The van der Waals surface area contributed by atoms with Crippen molar-refractivity contribution >= 4 is 33.5 Å². The lowest BCUT2D eigenvalue weighted by molar-refractivity contribution is -0.150. The third-order valence-corrected chi connectivity index (χ3v) is 6.57. The molecule has 2 aromatic carbocycles. The van der Waals surface area contributed by atoms with Gasteiger partial charge >= 0.3 is 5.97 Å². The monoisotopic (exact) mass is 475 g/mol. The lowest BCUT2D eigenvalue weighted by Crippen LogP contribution is -2.45. The highest BCUT2D eigenvalue weighted by Crippen LogP contribution is 2.18. The summed E-state index contributed by atoms with van der Waals surface area (Å²) in [7, 11) is -0.851. The third-order valence-electron chi connectivity index (χ3n) is 4.76.